The molecular formula is C30H23F5N2O3. The van der Waals surface area contributed by atoms with Gasteiger partial charge in [-0.1, -0.05) is 66.7 Å². The predicted octanol–water partition coefficient (Wildman–Crippen LogP) is 6.08. The summed E-state index contributed by atoms with van der Waals surface area (Å²) in [6.07, 6.45) is -1.53. The molecule has 2 amide bonds. The summed E-state index contributed by atoms with van der Waals surface area (Å²) in [7, 11) is 0. The van der Waals surface area contributed by atoms with Crippen molar-refractivity contribution in [3.05, 3.63) is 130 Å². The second-order valence-electron chi connectivity index (χ2n) is 9.04. The number of benzene rings is 4. The first-order valence-corrected chi connectivity index (χ1v) is 12.1. The molecule has 4 rings (SSSR count). The Bertz CT molecular complexity index is 1520. The standard InChI is InChI=1S/C30H23F5N2O3/c1-17-12-13-20(36-29(39)23-24(31)26(33)28(35)27(34)25(23)32)21(14-17)37(16-19-10-6-3-7-11-19)30(40)22(38)15-18-8-4-2-5-9-18/h2-14,22,38H,15-16H2,1H3,(H,36,39). The number of anilines is 2. The van der Waals surface area contributed by atoms with Crippen LogP contribution in [0.15, 0.2) is 78.9 Å². The van der Waals surface area contributed by atoms with E-state index in [0.717, 1.165) is 0 Å². The maximum absolute atomic E-state index is 14.3. The van der Waals surface area contributed by atoms with Gasteiger partial charge in [0.25, 0.3) is 11.8 Å². The molecule has 2 N–H and O–H groups in total. The van der Waals surface area contributed by atoms with Gasteiger partial charge in [-0.05, 0) is 35.7 Å². The van der Waals surface area contributed by atoms with E-state index in [-0.39, 0.29) is 24.3 Å². The molecule has 0 aromatic heterocycles. The first kappa shape index (κ1) is 28.4. The summed E-state index contributed by atoms with van der Waals surface area (Å²) in [4.78, 5) is 27.6. The van der Waals surface area contributed by atoms with Crippen molar-refractivity contribution in [1.82, 2.24) is 0 Å². The number of hydrogen-bond donors (Lipinski definition) is 2. The molecular weight excluding hydrogens is 531 g/mol. The summed E-state index contributed by atoms with van der Waals surface area (Å²) in [5, 5.41) is 13.0. The minimum Gasteiger partial charge on any atom is -0.383 e. The second-order valence-corrected chi connectivity index (χ2v) is 9.04. The van der Waals surface area contributed by atoms with Crippen molar-refractivity contribution >= 4 is 23.2 Å². The Morgan fingerprint density at radius 1 is 0.775 bits per heavy atom. The van der Waals surface area contributed by atoms with Gasteiger partial charge in [0, 0.05) is 6.42 Å². The average Bonchev–Trinajstić information content (AvgIpc) is 2.95. The van der Waals surface area contributed by atoms with Crippen molar-refractivity contribution in [2.75, 3.05) is 10.2 Å². The normalized spacial score (nSPS) is 11.7. The van der Waals surface area contributed by atoms with Gasteiger partial charge in [-0.2, -0.15) is 0 Å². The van der Waals surface area contributed by atoms with Crippen LogP contribution in [-0.2, 0) is 17.8 Å². The molecule has 0 heterocycles. The summed E-state index contributed by atoms with van der Waals surface area (Å²) in [5.41, 5.74) is 0.169. The molecule has 0 aliphatic rings. The van der Waals surface area contributed by atoms with E-state index in [0.29, 0.717) is 16.7 Å². The zero-order valence-electron chi connectivity index (χ0n) is 21.1. The van der Waals surface area contributed by atoms with Crippen LogP contribution in [0, 0.1) is 36.0 Å². The van der Waals surface area contributed by atoms with Gasteiger partial charge in [0.15, 0.2) is 23.3 Å². The molecule has 1 atom stereocenters. The highest BCUT2D eigenvalue weighted by Crippen LogP contribution is 2.31. The van der Waals surface area contributed by atoms with Crippen molar-refractivity contribution in [1.29, 1.82) is 0 Å². The van der Waals surface area contributed by atoms with Crippen LogP contribution in [0.4, 0.5) is 33.3 Å². The SMILES string of the molecule is Cc1ccc(NC(=O)c2c(F)c(F)c(F)c(F)c2F)c(N(Cc2ccccc2)C(=O)C(O)Cc2ccccc2)c1. The molecule has 206 valence electrons. The number of carbonyl (C=O) groups excluding carboxylic acids is 2. The van der Waals surface area contributed by atoms with E-state index >= 15 is 0 Å². The molecule has 0 aliphatic heterocycles. The molecule has 0 bridgehead atoms. The van der Waals surface area contributed by atoms with Crippen LogP contribution < -0.4 is 10.2 Å². The molecule has 5 nitrogen and oxygen atoms in total. The second kappa shape index (κ2) is 12.1. The number of carbonyl (C=O) groups is 2. The van der Waals surface area contributed by atoms with E-state index in [2.05, 4.69) is 5.32 Å². The van der Waals surface area contributed by atoms with Crippen LogP contribution in [0.25, 0.3) is 0 Å². The molecule has 10 heteroatoms. The fraction of sp³-hybridized carbons (Fsp3) is 0.133. The fourth-order valence-electron chi connectivity index (χ4n) is 4.11. The number of aliphatic hydroxyl groups is 1. The minimum atomic E-state index is -2.39. The predicted molar refractivity (Wildman–Crippen MR) is 139 cm³/mol. The lowest BCUT2D eigenvalue weighted by Gasteiger charge is -2.28. The van der Waals surface area contributed by atoms with E-state index < -0.39 is 52.6 Å². The molecule has 0 fully saturated rings. The number of nitrogens with zero attached hydrogens (tertiary/aromatic N) is 1. The molecule has 4 aromatic rings. The molecule has 1 unspecified atom stereocenters. The molecule has 0 radical (unpaired) electrons. The van der Waals surface area contributed by atoms with E-state index in [9.17, 15) is 36.6 Å². The fourth-order valence-corrected chi connectivity index (χ4v) is 4.11. The van der Waals surface area contributed by atoms with Gasteiger partial charge in [-0.3, -0.25) is 9.59 Å². The minimum absolute atomic E-state index is 0.0248. The Labute approximate surface area is 226 Å². The topological polar surface area (TPSA) is 69.6 Å². The summed E-state index contributed by atoms with van der Waals surface area (Å²) in [6.45, 7) is 1.62. The Kier molecular flexibility index (Phi) is 8.59. The van der Waals surface area contributed by atoms with Crippen molar-refractivity contribution in [2.24, 2.45) is 0 Å². The van der Waals surface area contributed by atoms with Gasteiger partial charge in [0.05, 0.1) is 17.9 Å². The van der Waals surface area contributed by atoms with Gasteiger partial charge < -0.3 is 15.3 Å². The number of rotatable bonds is 8. The first-order valence-electron chi connectivity index (χ1n) is 12.1. The lowest BCUT2D eigenvalue weighted by atomic mass is 10.0. The lowest BCUT2D eigenvalue weighted by Crippen LogP contribution is -2.40. The number of hydrogen-bond acceptors (Lipinski definition) is 3. The van der Waals surface area contributed by atoms with E-state index in [4.69, 9.17) is 0 Å². The van der Waals surface area contributed by atoms with Crippen LogP contribution in [0.1, 0.15) is 27.0 Å². The average molecular weight is 555 g/mol. The third-order valence-corrected chi connectivity index (χ3v) is 6.14. The Balaban J connectivity index is 1.75. The van der Waals surface area contributed by atoms with Crippen LogP contribution in [-0.4, -0.2) is 23.0 Å². The molecule has 0 spiro atoms. The van der Waals surface area contributed by atoms with Crippen molar-refractivity contribution in [2.45, 2.75) is 26.0 Å². The first-order chi connectivity index (χ1) is 19.1. The van der Waals surface area contributed by atoms with Gasteiger partial charge in [-0.25, -0.2) is 22.0 Å². The van der Waals surface area contributed by atoms with E-state index in [1.54, 1.807) is 67.6 Å². The number of amides is 2. The summed E-state index contributed by atoms with van der Waals surface area (Å²) < 4.78 is 69.7. The summed E-state index contributed by atoms with van der Waals surface area (Å²) in [6, 6.07) is 21.8. The Hall–Kier alpha value is -4.57. The van der Waals surface area contributed by atoms with Gasteiger partial charge in [0.1, 0.15) is 11.7 Å². The maximum Gasteiger partial charge on any atom is 0.261 e. The highest BCUT2D eigenvalue weighted by atomic mass is 19.2. The molecule has 4 aromatic carbocycles. The number of halogens is 5. The van der Waals surface area contributed by atoms with Gasteiger partial charge in [-0.15, -0.1) is 0 Å². The van der Waals surface area contributed by atoms with Crippen molar-refractivity contribution in [3.63, 3.8) is 0 Å². The Morgan fingerprint density at radius 3 is 1.88 bits per heavy atom. The number of aliphatic hydroxyl groups excluding tert-OH is 1. The molecule has 0 saturated carbocycles. The number of aryl methyl sites for hydroxylation is 1. The molecule has 0 saturated heterocycles. The van der Waals surface area contributed by atoms with Crippen LogP contribution in [0.5, 0.6) is 0 Å². The third kappa shape index (κ3) is 6.02. The maximum atomic E-state index is 14.3. The van der Waals surface area contributed by atoms with Gasteiger partial charge in [0.2, 0.25) is 5.82 Å². The largest absolute Gasteiger partial charge is 0.383 e. The van der Waals surface area contributed by atoms with Crippen molar-refractivity contribution < 1.29 is 36.6 Å². The zero-order valence-corrected chi connectivity index (χ0v) is 21.1. The van der Waals surface area contributed by atoms with Crippen LogP contribution in [0.2, 0.25) is 0 Å². The van der Waals surface area contributed by atoms with Crippen LogP contribution in [0.3, 0.4) is 0 Å². The van der Waals surface area contributed by atoms with Gasteiger partial charge >= 0.3 is 0 Å². The highest BCUT2D eigenvalue weighted by molar-refractivity contribution is 6.08. The summed E-state index contributed by atoms with van der Waals surface area (Å²) in [5.74, 6) is -13.9. The summed E-state index contributed by atoms with van der Waals surface area (Å²) >= 11 is 0. The number of nitrogens with one attached hydrogen (secondary N) is 1. The Morgan fingerprint density at radius 2 is 1.30 bits per heavy atom. The van der Waals surface area contributed by atoms with E-state index in [1.807, 2.05) is 0 Å². The quantitative estimate of drug-likeness (QED) is 0.158. The molecule has 0 aliphatic carbocycles. The van der Waals surface area contributed by atoms with Crippen molar-refractivity contribution in [3.8, 4) is 0 Å². The smallest absolute Gasteiger partial charge is 0.261 e. The lowest BCUT2D eigenvalue weighted by molar-refractivity contribution is -0.126. The third-order valence-electron chi connectivity index (χ3n) is 6.14. The van der Waals surface area contributed by atoms with Crippen LogP contribution >= 0.6 is 0 Å². The molecule has 40 heavy (non-hydrogen) atoms. The zero-order chi connectivity index (χ0) is 29.0. The monoisotopic (exact) mass is 554 g/mol. The highest BCUT2D eigenvalue weighted by Gasteiger charge is 2.31. The van der Waals surface area contributed by atoms with E-state index in [1.165, 1.54) is 23.1 Å².